The van der Waals surface area contributed by atoms with Crippen molar-refractivity contribution in [3.05, 3.63) is 4.91 Å². The molecule has 0 aliphatic carbocycles. The summed E-state index contributed by atoms with van der Waals surface area (Å²) in [7, 11) is 0. The number of hydrogen-bond acceptors (Lipinski definition) is 6. The molecule has 0 atom stereocenters. The molecule has 8 heteroatoms. The van der Waals surface area contributed by atoms with Gasteiger partial charge in [0.15, 0.2) is 0 Å². The molecule has 0 amide bonds. The zero-order chi connectivity index (χ0) is 8.15. The van der Waals surface area contributed by atoms with E-state index in [1.165, 1.54) is 0 Å². The van der Waals surface area contributed by atoms with Gasteiger partial charge in [-0.15, -0.1) is 0 Å². The second kappa shape index (κ2) is 3.22. The van der Waals surface area contributed by atoms with Crippen LogP contribution in [0.25, 0.3) is 0 Å². The van der Waals surface area contributed by atoms with Gasteiger partial charge in [0.2, 0.25) is 0 Å². The van der Waals surface area contributed by atoms with Crippen LogP contribution >= 0.6 is 0 Å². The molecule has 0 aromatic rings. The molecule has 0 aromatic heterocycles. The molecule has 0 aliphatic rings. The summed E-state index contributed by atoms with van der Waals surface area (Å²) in [6.07, 6.45) is -4.20. The van der Waals surface area contributed by atoms with Crippen molar-refractivity contribution in [2.45, 2.75) is 0 Å². The fraction of sp³-hybridized carbons (Fsp3) is 0. The Bertz CT molecular complexity index is 154. The van der Waals surface area contributed by atoms with Gasteiger partial charge in [-0.25, -0.2) is 4.84 Å². The van der Waals surface area contributed by atoms with Gasteiger partial charge in [-0.05, 0) is 0 Å². The maximum absolute atomic E-state index is 9.73. The highest BCUT2D eigenvalue weighted by molar-refractivity contribution is 5.56. The maximum atomic E-state index is 9.73. The molecule has 0 heterocycles. The van der Waals surface area contributed by atoms with Crippen LogP contribution in [0, 0.1) is 4.91 Å². The number of carboxylic acid groups (broad SMARTS) is 2. The van der Waals surface area contributed by atoms with Crippen molar-refractivity contribution in [1.82, 2.24) is 0 Å². The Labute approximate surface area is 53.1 Å². The van der Waals surface area contributed by atoms with Crippen molar-refractivity contribution >= 4 is 12.3 Å². The lowest BCUT2D eigenvalue weighted by Crippen LogP contribution is -2.29. The first kappa shape index (κ1) is 8.14. The first-order valence-corrected chi connectivity index (χ1v) is 1.79. The molecule has 0 aliphatic heterocycles. The fourth-order valence-electron chi connectivity index (χ4n) is 0.143. The minimum Gasteiger partial charge on any atom is -0.445 e. The van der Waals surface area contributed by atoms with Gasteiger partial charge in [0.05, 0.1) is 0 Å². The lowest BCUT2D eigenvalue weighted by molar-refractivity contribution is -0.950. The van der Waals surface area contributed by atoms with Crippen molar-refractivity contribution in [3.63, 3.8) is 0 Å². The third-order valence-electron chi connectivity index (χ3n) is 0.302. The number of hydrogen-bond donors (Lipinski definition) is 1. The molecule has 0 spiro atoms. The molecular weight excluding hydrogens is 150 g/mol. The topological polar surface area (TPSA) is 116 Å². The number of carbonyl (C=O) groups is 2. The zero-order valence-corrected chi connectivity index (χ0v) is 4.34. The third-order valence-corrected chi connectivity index (χ3v) is 0.302. The minimum atomic E-state index is -2.21. The van der Waals surface area contributed by atoms with Gasteiger partial charge in [-0.2, -0.15) is 4.79 Å². The molecule has 56 valence electrons. The van der Waals surface area contributed by atoms with Crippen LogP contribution in [0.5, 0.6) is 0 Å². The standard InChI is InChI=1S/C2HNO7/c4-1(5)9-3(8)10-2(6)7/h(H-,4,5,6,7). The Hall–Kier alpha value is -1.86. The van der Waals surface area contributed by atoms with Gasteiger partial charge < -0.3 is 15.0 Å². The summed E-state index contributed by atoms with van der Waals surface area (Å²) in [4.78, 5) is 34.7. The number of nitrogens with zero attached hydrogens (tertiary/aromatic N) is 1. The molecule has 0 rings (SSSR count). The Morgan fingerprint density at radius 2 is 1.90 bits per heavy atom. The van der Waals surface area contributed by atoms with Gasteiger partial charge in [-0.3, -0.25) is 0 Å². The summed E-state index contributed by atoms with van der Waals surface area (Å²) in [6.45, 7) is 0. The summed E-state index contributed by atoms with van der Waals surface area (Å²) in [5.74, 6) is 0. The molecule has 8 nitrogen and oxygen atoms in total. The summed E-state index contributed by atoms with van der Waals surface area (Å²) >= 11 is 0. The van der Waals surface area contributed by atoms with E-state index in [2.05, 4.69) is 9.68 Å². The Balaban J connectivity index is 3.65. The van der Waals surface area contributed by atoms with E-state index >= 15 is 0 Å². The van der Waals surface area contributed by atoms with Crippen molar-refractivity contribution in [2.75, 3.05) is 0 Å². The summed E-state index contributed by atoms with van der Waals surface area (Å²) in [5, 5.41) is 15.9. The lowest BCUT2D eigenvalue weighted by Gasteiger charge is -1.89. The van der Waals surface area contributed by atoms with Gasteiger partial charge in [-0.1, -0.05) is 4.84 Å². The smallest absolute Gasteiger partial charge is 0.445 e. The van der Waals surface area contributed by atoms with Crippen LogP contribution in [0.4, 0.5) is 9.59 Å². The van der Waals surface area contributed by atoms with E-state index in [9.17, 15) is 19.6 Å². The largest absolute Gasteiger partial charge is 0.579 e. The molecule has 0 unspecified atom stereocenters. The highest BCUT2D eigenvalue weighted by Gasteiger charge is 2.16. The van der Waals surface area contributed by atoms with Crippen molar-refractivity contribution < 1.29 is 34.6 Å². The first-order valence-electron chi connectivity index (χ1n) is 1.79. The minimum absolute atomic E-state index is 1.11. The van der Waals surface area contributed by atoms with Crippen molar-refractivity contribution in [2.24, 2.45) is 0 Å². The normalized spacial score (nSPS) is 8.00. The van der Waals surface area contributed by atoms with E-state index in [0.29, 0.717) is 0 Å². The molecule has 0 radical (unpaired) electrons. The number of rotatable bonds is 2. The van der Waals surface area contributed by atoms with Gasteiger partial charge >= 0.3 is 17.4 Å². The molecule has 0 saturated heterocycles. The SMILES string of the molecule is O=C([O-])O[N+](=O)OC(=O)O. The van der Waals surface area contributed by atoms with E-state index in [1.54, 1.807) is 0 Å². The molecule has 0 saturated carbocycles. The van der Waals surface area contributed by atoms with Gasteiger partial charge in [0.1, 0.15) is 4.91 Å². The van der Waals surface area contributed by atoms with Crippen LogP contribution < -0.4 is 5.11 Å². The van der Waals surface area contributed by atoms with Crippen LogP contribution in [0.15, 0.2) is 0 Å². The molecular formula is C2HNO7. The predicted octanol–water partition coefficient (Wildman–Crippen LogP) is -1.35. The molecule has 0 aromatic carbocycles. The van der Waals surface area contributed by atoms with Crippen molar-refractivity contribution in [3.8, 4) is 0 Å². The quantitative estimate of drug-likeness (QED) is 0.484. The van der Waals surface area contributed by atoms with Gasteiger partial charge in [0.25, 0.3) is 0 Å². The Kier molecular flexibility index (Phi) is 2.62. The van der Waals surface area contributed by atoms with Crippen LogP contribution in [-0.4, -0.2) is 22.5 Å². The van der Waals surface area contributed by atoms with Crippen molar-refractivity contribution in [1.29, 1.82) is 0 Å². The van der Waals surface area contributed by atoms with Crippen LogP contribution in [-0.2, 0) is 9.68 Å². The summed E-state index contributed by atoms with van der Waals surface area (Å²) < 4.78 is 0. The Morgan fingerprint density at radius 3 is 2.20 bits per heavy atom. The average Bonchev–Trinajstić information content (AvgIpc) is 1.58. The predicted molar refractivity (Wildman–Crippen MR) is 19.2 cm³/mol. The highest BCUT2D eigenvalue weighted by Crippen LogP contribution is 1.80. The van der Waals surface area contributed by atoms with E-state index in [-0.39, 0.29) is 0 Å². The third kappa shape index (κ3) is 4.30. The summed E-state index contributed by atoms with van der Waals surface area (Å²) in [5.41, 5.74) is 0. The Morgan fingerprint density at radius 1 is 1.40 bits per heavy atom. The van der Waals surface area contributed by atoms with E-state index in [0.717, 1.165) is 0 Å². The number of carbonyl (C=O) groups excluding carboxylic acids is 1. The van der Waals surface area contributed by atoms with Gasteiger partial charge in [0, 0.05) is 0 Å². The fourth-order valence-corrected chi connectivity index (χ4v) is 0.143. The van der Waals surface area contributed by atoms with Crippen LogP contribution in [0.1, 0.15) is 0 Å². The summed E-state index contributed by atoms with van der Waals surface area (Å²) in [6, 6.07) is 0. The lowest BCUT2D eigenvalue weighted by atomic mass is 11.4. The van der Waals surface area contributed by atoms with Crippen LogP contribution in [0.2, 0.25) is 0 Å². The van der Waals surface area contributed by atoms with E-state index in [1.807, 2.05) is 0 Å². The maximum Gasteiger partial charge on any atom is 0.579 e. The highest BCUT2D eigenvalue weighted by atomic mass is 17.1. The van der Waals surface area contributed by atoms with Crippen LogP contribution in [0.3, 0.4) is 0 Å². The second-order valence-electron chi connectivity index (χ2n) is 0.922. The first-order chi connectivity index (χ1) is 4.52. The molecule has 0 fully saturated rings. The zero-order valence-electron chi connectivity index (χ0n) is 4.34. The monoisotopic (exact) mass is 151 g/mol. The van der Waals surface area contributed by atoms with E-state index < -0.39 is 17.4 Å². The van der Waals surface area contributed by atoms with E-state index in [4.69, 9.17) is 5.11 Å². The molecule has 0 bridgehead atoms. The second-order valence-corrected chi connectivity index (χ2v) is 0.922. The average molecular weight is 151 g/mol. The molecule has 10 heavy (non-hydrogen) atoms. The molecule has 1 N–H and O–H groups in total.